The lowest BCUT2D eigenvalue weighted by Crippen LogP contribution is -2.03. The first-order valence-corrected chi connectivity index (χ1v) is 6.02. The van der Waals surface area contributed by atoms with Crippen molar-refractivity contribution in [2.75, 3.05) is 6.54 Å². The van der Waals surface area contributed by atoms with E-state index in [2.05, 4.69) is 0 Å². The van der Waals surface area contributed by atoms with Crippen molar-refractivity contribution in [1.82, 2.24) is 0 Å². The summed E-state index contributed by atoms with van der Waals surface area (Å²) in [6.45, 7) is 2.41. The minimum absolute atomic E-state index is 0.144. The predicted octanol–water partition coefficient (Wildman–Crippen LogP) is 3.57. The summed E-state index contributed by atoms with van der Waals surface area (Å²) in [5, 5.41) is 0. The number of rotatable bonds is 4. The second kappa shape index (κ2) is 5.80. The Kier molecular flexibility index (Phi) is 4.12. The van der Waals surface area contributed by atoms with Crippen LogP contribution in [0.25, 0.3) is 0 Å². The van der Waals surface area contributed by atoms with Crippen molar-refractivity contribution >= 4 is 0 Å². The van der Waals surface area contributed by atoms with Crippen molar-refractivity contribution in [3.05, 3.63) is 59.2 Å². The van der Waals surface area contributed by atoms with E-state index in [0.717, 1.165) is 35.7 Å². The molecule has 0 amide bonds. The Morgan fingerprint density at radius 1 is 1.05 bits per heavy atom. The summed E-state index contributed by atoms with van der Waals surface area (Å²) < 4.78 is 31.7. The number of nitrogens with two attached hydrogens (primary N) is 1. The number of hydrogen-bond donors (Lipinski definition) is 1. The molecule has 2 aromatic rings. The summed E-state index contributed by atoms with van der Waals surface area (Å²) in [6, 6.07) is 8.81. The topological polar surface area (TPSA) is 35.2 Å². The first kappa shape index (κ1) is 13.5. The molecule has 4 heteroatoms. The number of halogens is 2. The van der Waals surface area contributed by atoms with Crippen LogP contribution >= 0.6 is 0 Å². The summed E-state index contributed by atoms with van der Waals surface area (Å²) in [5.41, 5.74) is 7.42. The standard InChI is InChI=1S/C15H15F2NO/c1-10-2-3-11(4-5-18)6-15(10)19-14-8-12(16)7-13(17)9-14/h2-3,6-9H,4-5,18H2,1H3. The molecule has 100 valence electrons. The molecule has 0 atom stereocenters. The van der Waals surface area contributed by atoms with Crippen LogP contribution in [-0.2, 0) is 6.42 Å². The lowest BCUT2D eigenvalue weighted by molar-refractivity contribution is 0.464. The Hall–Kier alpha value is -1.94. The molecule has 2 N–H and O–H groups in total. The molecule has 2 aromatic carbocycles. The third kappa shape index (κ3) is 3.51. The van der Waals surface area contributed by atoms with Crippen LogP contribution in [0.2, 0.25) is 0 Å². The summed E-state index contributed by atoms with van der Waals surface area (Å²) in [4.78, 5) is 0. The first-order valence-electron chi connectivity index (χ1n) is 6.02. The fourth-order valence-electron chi connectivity index (χ4n) is 1.79. The maximum Gasteiger partial charge on any atom is 0.133 e. The largest absolute Gasteiger partial charge is 0.457 e. The third-order valence-electron chi connectivity index (χ3n) is 2.75. The van der Waals surface area contributed by atoms with E-state index >= 15 is 0 Å². The number of benzene rings is 2. The normalized spacial score (nSPS) is 10.5. The van der Waals surface area contributed by atoms with Gasteiger partial charge in [0.05, 0.1) is 0 Å². The molecule has 0 aliphatic carbocycles. The van der Waals surface area contributed by atoms with Crippen molar-refractivity contribution in [2.24, 2.45) is 5.73 Å². The molecule has 0 spiro atoms. The van der Waals surface area contributed by atoms with Crippen LogP contribution in [-0.4, -0.2) is 6.54 Å². The van der Waals surface area contributed by atoms with Gasteiger partial charge in [-0.05, 0) is 37.1 Å². The van der Waals surface area contributed by atoms with E-state index in [1.54, 1.807) is 0 Å². The molecule has 0 saturated carbocycles. The highest BCUT2D eigenvalue weighted by Crippen LogP contribution is 2.27. The van der Waals surface area contributed by atoms with Gasteiger partial charge in [0.15, 0.2) is 0 Å². The highest BCUT2D eigenvalue weighted by atomic mass is 19.1. The van der Waals surface area contributed by atoms with Gasteiger partial charge in [-0.15, -0.1) is 0 Å². The number of aryl methyl sites for hydroxylation is 1. The fourth-order valence-corrected chi connectivity index (χ4v) is 1.79. The average molecular weight is 263 g/mol. The maximum absolute atomic E-state index is 13.1. The third-order valence-corrected chi connectivity index (χ3v) is 2.75. The van der Waals surface area contributed by atoms with Gasteiger partial charge >= 0.3 is 0 Å². The summed E-state index contributed by atoms with van der Waals surface area (Å²) in [7, 11) is 0. The van der Waals surface area contributed by atoms with Gasteiger partial charge in [0.25, 0.3) is 0 Å². The Morgan fingerprint density at radius 3 is 2.37 bits per heavy atom. The SMILES string of the molecule is Cc1ccc(CCN)cc1Oc1cc(F)cc(F)c1. The minimum atomic E-state index is -0.661. The van der Waals surface area contributed by atoms with E-state index in [1.807, 2.05) is 25.1 Å². The first-order chi connectivity index (χ1) is 9.08. The van der Waals surface area contributed by atoms with Crippen molar-refractivity contribution < 1.29 is 13.5 Å². The molecule has 0 aliphatic rings. The van der Waals surface area contributed by atoms with E-state index < -0.39 is 11.6 Å². The van der Waals surface area contributed by atoms with Gasteiger partial charge < -0.3 is 10.5 Å². The highest BCUT2D eigenvalue weighted by molar-refractivity contribution is 5.40. The molecule has 2 rings (SSSR count). The van der Waals surface area contributed by atoms with Gasteiger partial charge in [0.2, 0.25) is 0 Å². The van der Waals surface area contributed by atoms with E-state index in [1.165, 1.54) is 0 Å². The molecule has 0 saturated heterocycles. The number of hydrogen-bond acceptors (Lipinski definition) is 2. The van der Waals surface area contributed by atoms with E-state index in [9.17, 15) is 8.78 Å². The molecule has 0 aliphatic heterocycles. The van der Waals surface area contributed by atoms with Crippen LogP contribution in [0.3, 0.4) is 0 Å². The second-order valence-electron chi connectivity index (χ2n) is 4.35. The lowest BCUT2D eigenvalue weighted by Gasteiger charge is -2.10. The van der Waals surface area contributed by atoms with Crippen LogP contribution in [0.5, 0.6) is 11.5 Å². The lowest BCUT2D eigenvalue weighted by atomic mass is 10.1. The van der Waals surface area contributed by atoms with Gasteiger partial charge in [-0.2, -0.15) is 0 Å². The van der Waals surface area contributed by atoms with E-state index in [0.29, 0.717) is 12.3 Å². The van der Waals surface area contributed by atoms with Crippen molar-refractivity contribution in [1.29, 1.82) is 0 Å². The van der Waals surface area contributed by atoms with Gasteiger partial charge in [-0.25, -0.2) is 8.78 Å². The van der Waals surface area contributed by atoms with Crippen LogP contribution in [0, 0.1) is 18.6 Å². The minimum Gasteiger partial charge on any atom is -0.457 e. The molecule has 0 fully saturated rings. The predicted molar refractivity (Wildman–Crippen MR) is 70.4 cm³/mol. The van der Waals surface area contributed by atoms with E-state index in [-0.39, 0.29) is 5.75 Å². The second-order valence-corrected chi connectivity index (χ2v) is 4.35. The average Bonchev–Trinajstić information content (AvgIpc) is 2.32. The number of ether oxygens (including phenoxy) is 1. The molecule has 0 unspecified atom stereocenters. The zero-order chi connectivity index (χ0) is 13.8. The Labute approximate surface area is 110 Å². The molecular weight excluding hydrogens is 248 g/mol. The Balaban J connectivity index is 2.28. The van der Waals surface area contributed by atoms with Gasteiger partial charge in [-0.3, -0.25) is 0 Å². The van der Waals surface area contributed by atoms with Crippen LogP contribution in [0.4, 0.5) is 8.78 Å². The zero-order valence-electron chi connectivity index (χ0n) is 10.6. The van der Waals surface area contributed by atoms with Gasteiger partial charge in [-0.1, -0.05) is 12.1 Å². The quantitative estimate of drug-likeness (QED) is 0.915. The molecule has 0 heterocycles. The maximum atomic E-state index is 13.1. The van der Waals surface area contributed by atoms with Crippen molar-refractivity contribution in [2.45, 2.75) is 13.3 Å². The van der Waals surface area contributed by atoms with E-state index in [4.69, 9.17) is 10.5 Å². The van der Waals surface area contributed by atoms with Gasteiger partial charge in [0.1, 0.15) is 23.1 Å². The molecule has 0 radical (unpaired) electrons. The smallest absolute Gasteiger partial charge is 0.133 e. The Bertz CT molecular complexity index is 564. The van der Waals surface area contributed by atoms with Crippen LogP contribution in [0.15, 0.2) is 36.4 Å². The van der Waals surface area contributed by atoms with Crippen LogP contribution in [0.1, 0.15) is 11.1 Å². The molecular formula is C15H15F2NO. The highest BCUT2D eigenvalue weighted by Gasteiger charge is 2.06. The monoisotopic (exact) mass is 263 g/mol. The summed E-state index contributed by atoms with van der Waals surface area (Å²) >= 11 is 0. The molecule has 0 bridgehead atoms. The molecule has 2 nitrogen and oxygen atoms in total. The Morgan fingerprint density at radius 2 is 1.74 bits per heavy atom. The fraction of sp³-hybridized carbons (Fsp3) is 0.200. The zero-order valence-corrected chi connectivity index (χ0v) is 10.6. The summed E-state index contributed by atoms with van der Waals surface area (Å²) in [5.74, 6) is -0.599. The van der Waals surface area contributed by atoms with Crippen molar-refractivity contribution in [3.8, 4) is 11.5 Å². The molecule has 19 heavy (non-hydrogen) atoms. The van der Waals surface area contributed by atoms with Crippen molar-refractivity contribution in [3.63, 3.8) is 0 Å². The van der Waals surface area contributed by atoms with Gasteiger partial charge in [0, 0.05) is 18.2 Å². The van der Waals surface area contributed by atoms with Crippen LogP contribution < -0.4 is 10.5 Å². The summed E-state index contributed by atoms with van der Waals surface area (Å²) in [6.07, 6.45) is 0.730. The molecule has 0 aromatic heterocycles.